The van der Waals surface area contributed by atoms with Crippen molar-refractivity contribution < 1.29 is 9.90 Å². The van der Waals surface area contributed by atoms with Crippen molar-refractivity contribution in [2.45, 2.75) is 40.0 Å². The molecule has 0 aliphatic carbocycles. The number of hydrogen-bond donors (Lipinski definition) is 1. The highest BCUT2D eigenvalue weighted by molar-refractivity contribution is 5.71. The van der Waals surface area contributed by atoms with E-state index in [1.165, 1.54) is 5.57 Å². The first-order valence-electron chi connectivity index (χ1n) is 4.61. The van der Waals surface area contributed by atoms with Gasteiger partial charge in [-0.05, 0) is 30.9 Å². The Kier molecular flexibility index (Phi) is 5.12. The number of carboxylic acids is 1. The van der Waals surface area contributed by atoms with Gasteiger partial charge in [0.25, 0.3) is 0 Å². The lowest BCUT2D eigenvalue weighted by Crippen LogP contribution is -2.00. The molecule has 0 radical (unpaired) electrons. The lowest BCUT2D eigenvalue weighted by atomic mass is 9.96. The topological polar surface area (TPSA) is 37.3 Å². The number of aliphatic carboxylic acids is 1. The summed E-state index contributed by atoms with van der Waals surface area (Å²) in [6.45, 7) is 9.93. The van der Waals surface area contributed by atoms with Crippen LogP contribution in [0.25, 0.3) is 0 Å². The average molecular weight is 182 g/mol. The molecule has 0 atom stereocenters. The zero-order valence-corrected chi connectivity index (χ0v) is 8.68. The molecule has 2 heteroatoms. The third-order valence-electron chi connectivity index (χ3n) is 2.19. The zero-order chi connectivity index (χ0) is 10.4. The third-order valence-corrected chi connectivity index (χ3v) is 2.19. The fraction of sp³-hybridized carbons (Fsp3) is 0.545. The Morgan fingerprint density at radius 1 is 1.31 bits per heavy atom. The van der Waals surface area contributed by atoms with Crippen LogP contribution in [0.15, 0.2) is 23.3 Å². The summed E-state index contributed by atoms with van der Waals surface area (Å²) in [5, 5.41) is 8.60. The Bertz CT molecular complexity index is 236. The maximum Gasteiger partial charge on any atom is 0.307 e. The molecule has 2 nitrogen and oxygen atoms in total. The van der Waals surface area contributed by atoms with Crippen LogP contribution < -0.4 is 0 Å². The van der Waals surface area contributed by atoms with Gasteiger partial charge in [0.05, 0.1) is 6.42 Å². The van der Waals surface area contributed by atoms with Crippen LogP contribution in [0.1, 0.15) is 40.0 Å². The summed E-state index contributed by atoms with van der Waals surface area (Å²) in [5.41, 5.74) is 3.10. The summed E-state index contributed by atoms with van der Waals surface area (Å²) in [6.07, 6.45) is 1.88. The molecule has 0 heterocycles. The van der Waals surface area contributed by atoms with Gasteiger partial charge in [0.2, 0.25) is 0 Å². The monoisotopic (exact) mass is 182 g/mol. The Hall–Kier alpha value is -1.05. The molecule has 0 aliphatic rings. The van der Waals surface area contributed by atoms with Crippen molar-refractivity contribution in [3.8, 4) is 0 Å². The van der Waals surface area contributed by atoms with Crippen molar-refractivity contribution in [2.75, 3.05) is 0 Å². The molecule has 0 rings (SSSR count). The molecular formula is C11H18O2. The van der Waals surface area contributed by atoms with E-state index < -0.39 is 5.97 Å². The lowest BCUT2D eigenvalue weighted by molar-refractivity contribution is -0.136. The molecule has 0 amide bonds. The van der Waals surface area contributed by atoms with Gasteiger partial charge in [0.15, 0.2) is 0 Å². The minimum absolute atomic E-state index is 0.0561. The summed E-state index contributed by atoms with van der Waals surface area (Å²) in [5.74, 6) is -0.806. The number of rotatable bonds is 5. The van der Waals surface area contributed by atoms with Crippen LogP contribution in [0.5, 0.6) is 0 Å². The first-order valence-corrected chi connectivity index (χ1v) is 4.61. The third kappa shape index (κ3) is 3.92. The number of carboxylic acid groups (broad SMARTS) is 1. The van der Waals surface area contributed by atoms with Gasteiger partial charge >= 0.3 is 5.97 Å². The number of hydrogen-bond acceptors (Lipinski definition) is 1. The van der Waals surface area contributed by atoms with Gasteiger partial charge in [-0.15, -0.1) is 0 Å². The average Bonchev–Trinajstić information content (AvgIpc) is 2.03. The molecule has 0 aromatic rings. The van der Waals surface area contributed by atoms with Crippen molar-refractivity contribution in [3.63, 3.8) is 0 Å². The highest BCUT2D eigenvalue weighted by Gasteiger charge is 2.07. The SMILES string of the molecule is C=C(CC(=O)O)/C(CC)=C(\C)CC. The normalized spacial score (nSPS) is 12.2. The van der Waals surface area contributed by atoms with Gasteiger partial charge in [0, 0.05) is 0 Å². The number of allylic oxidation sites excluding steroid dienone is 2. The quantitative estimate of drug-likeness (QED) is 0.663. The van der Waals surface area contributed by atoms with Crippen LogP contribution in [0.3, 0.4) is 0 Å². The second kappa shape index (κ2) is 5.57. The van der Waals surface area contributed by atoms with Crippen LogP contribution >= 0.6 is 0 Å². The van der Waals surface area contributed by atoms with E-state index in [1.54, 1.807) is 0 Å². The minimum Gasteiger partial charge on any atom is -0.481 e. The molecule has 0 fully saturated rings. The van der Waals surface area contributed by atoms with Crippen molar-refractivity contribution in [3.05, 3.63) is 23.3 Å². The maximum atomic E-state index is 10.5. The largest absolute Gasteiger partial charge is 0.481 e. The Morgan fingerprint density at radius 3 is 2.15 bits per heavy atom. The van der Waals surface area contributed by atoms with E-state index in [-0.39, 0.29) is 6.42 Å². The van der Waals surface area contributed by atoms with E-state index in [0.29, 0.717) is 0 Å². The van der Waals surface area contributed by atoms with Crippen LogP contribution in [0.4, 0.5) is 0 Å². The fourth-order valence-corrected chi connectivity index (χ4v) is 1.36. The van der Waals surface area contributed by atoms with Crippen LogP contribution in [-0.2, 0) is 4.79 Å². The van der Waals surface area contributed by atoms with Gasteiger partial charge in [-0.3, -0.25) is 4.79 Å². The van der Waals surface area contributed by atoms with E-state index in [0.717, 1.165) is 24.0 Å². The molecule has 0 spiro atoms. The molecule has 0 aromatic carbocycles. The molecular weight excluding hydrogens is 164 g/mol. The van der Waals surface area contributed by atoms with Gasteiger partial charge in [-0.2, -0.15) is 0 Å². The van der Waals surface area contributed by atoms with Crippen molar-refractivity contribution in [1.82, 2.24) is 0 Å². The van der Waals surface area contributed by atoms with Gasteiger partial charge < -0.3 is 5.11 Å². The summed E-state index contributed by atoms with van der Waals surface area (Å²) < 4.78 is 0. The minimum atomic E-state index is -0.806. The van der Waals surface area contributed by atoms with Crippen LogP contribution in [0, 0.1) is 0 Å². The first kappa shape index (κ1) is 11.9. The van der Waals surface area contributed by atoms with Crippen LogP contribution in [-0.4, -0.2) is 11.1 Å². The second-order valence-corrected chi connectivity index (χ2v) is 3.14. The summed E-state index contributed by atoms with van der Waals surface area (Å²) in [6, 6.07) is 0. The summed E-state index contributed by atoms with van der Waals surface area (Å²) in [7, 11) is 0. The Balaban J connectivity index is 4.59. The molecule has 0 aromatic heterocycles. The predicted octanol–water partition coefficient (Wildman–Crippen LogP) is 3.15. The van der Waals surface area contributed by atoms with E-state index in [1.807, 2.05) is 13.8 Å². The molecule has 0 unspecified atom stereocenters. The molecule has 0 aliphatic heterocycles. The van der Waals surface area contributed by atoms with Gasteiger partial charge in [-0.25, -0.2) is 0 Å². The van der Waals surface area contributed by atoms with E-state index in [4.69, 9.17) is 5.11 Å². The van der Waals surface area contributed by atoms with E-state index in [9.17, 15) is 4.79 Å². The fourth-order valence-electron chi connectivity index (χ4n) is 1.36. The second-order valence-electron chi connectivity index (χ2n) is 3.14. The standard InChI is InChI=1S/C11H18O2/c1-5-8(3)10(6-2)9(4)7-11(12)13/h4-7H2,1-3H3,(H,12,13)/b10-8+. The van der Waals surface area contributed by atoms with Crippen LogP contribution in [0.2, 0.25) is 0 Å². The molecule has 0 bridgehead atoms. The van der Waals surface area contributed by atoms with Crippen molar-refractivity contribution in [1.29, 1.82) is 0 Å². The van der Waals surface area contributed by atoms with Gasteiger partial charge in [0.1, 0.15) is 0 Å². The number of carbonyl (C=O) groups is 1. The zero-order valence-electron chi connectivity index (χ0n) is 8.68. The Morgan fingerprint density at radius 2 is 1.85 bits per heavy atom. The lowest BCUT2D eigenvalue weighted by Gasteiger charge is -2.10. The molecule has 0 saturated carbocycles. The van der Waals surface area contributed by atoms with Crippen molar-refractivity contribution >= 4 is 5.97 Å². The van der Waals surface area contributed by atoms with Crippen molar-refractivity contribution in [2.24, 2.45) is 0 Å². The Labute approximate surface area is 80.0 Å². The first-order chi connectivity index (χ1) is 6.02. The van der Waals surface area contributed by atoms with E-state index >= 15 is 0 Å². The van der Waals surface area contributed by atoms with E-state index in [2.05, 4.69) is 13.5 Å². The summed E-state index contributed by atoms with van der Waals surface area (Å²) >= 11 is 0. The maximum absolute atomic E-state index is 10.5. The highest BCUT2D eigenvalue weighted by Crippen LogP contribution is 2.21. The smallest absolute Gasteiger partial charge is 0.307 e. The molecule has 0 saturated heterocycles. The predicted molar refractivity (Wildman–Crippen MR) is 54.7 cm³/mol. The molecule has 1 N–H and O–H groups in total. The molecule has 74 valence electrons. The van der Waals surface area contributed by atoms with Gasteiger partial charge in [-0.1, -0.05) is 26.0 Å². The summed E-state index contributed by atoms with van der Waals surface area (Å²) in [4.78, 5) is 10.5. The highest BCUT2D eigenvalue weighted by atomic mass is 16.4. The molecule has 13 heavy (non-hydrogen) atoms.